The number of aromatic amines is 1. The summed E-state index contributed by atoms with van der Waals surface area (Å²) < 4.78 is 12.3. The molecule has 0 aliphatic carbocycles. The summed E-state index contributed by atoms with van der Waals surface area (Å²) in [4.78, 5) is 11.7. The highest BCUT2D eigenvalue weighted by Gasteiger charge is 2.12. The van der Waals surface area contributed by atoms with Gasteiger partial charge in [0.15, 0.2) is 5.16 Å². The molecule has 2 heterocycles. The minimum absolute atomic E-state index is 0.381. The van der Waals surface area contributed by atoms with Crippen molar-refractivity contribution in [3.05, 3.63) is 53.9 Å². The number of benzene rings is 1. The van der Waals surface area contributed by atoms with Crippen LogP contribution in [0.15, 0.2) is 47.8 Å². The maximum Gasteiger partial charge on any atom is 0.197 e. The van der Waals surface area contributed by atoms with Crippen molar-refractivity contribution in [2.24, 2.45) is 0 Å². The largest absolute Gasteiger partial charge is 0.331 e. The van der Waals surface area contributed by atoms with Crippen LogP contribution in [0.3, 0.4) is 0 Å². The van der Waals surface area contributed by atoms with Gasteiger partial charge in [0.05, 0.1) is 33.3 Å². The number of para-hydroxylation sites is 2. The minimum Gasteiger partial charge on any atom is -0.331 e. The molecule has 0 saturated heterocycles. The lowest BCUT2D eigenvalue weighted by molar-refractivity contribution is 0.676. The van der Waals surface area contributed by atoms with Crippen LogP contribution in [0.4, 0.5) is 0 Å². The Morgan fingerprint density at radius 1 is 1.21 bits per heavy atom. The number of nitrogens with one attached hydrogen (secondary N) is 1. The summed E-state index contributed by atoms with van der Waals surface area (Å²) in [6.45, 7) is 1.97. The number of aryl methyl sites for hydroxylation is 1. The highest BCUT2D eigenvalue weighted by molar-refractivity contribution is 7.84. The van der Waals surface area contributed by atoms with Crippen LogP contribution in [-0.4, -0.2) is 19.2 Å². The first kappa shape index (κ1) is 12.0. The average molecular weight is 271 g/mol. The fraction of sp³-hybridized carbons (Fsp3) is 0.143. The Balaban J connectivity index is 1.90. The van der Waals surface area contributed by atoms with Gasteiger partial charge in [-0.15, -0.1) is 0 Å². The molecule has 1 unspecified atom stereocenters. The Morgan fingerprint density at radius 2 is 2.05 bits per heavy atom. The van der Waals surface area contributed by atoms with Crippen LogP contribution in [-0.2, 0) is 16.6 Å². The van der Waals surface area contributed by atoms with E-state index in [2.05, 4.69) is 15.0 Å². The maximum atomic E-state index is 12.3. The molecule has 3 aromatic rings. The monoisotopic (exact) mass is 271 g/mol. The second-order valence-corrected chi connectivity index (χ2v) is 5.68. The smallest absolute Gasteiger partial charge is 0.197 e. The van der Waals surface area contributed by atoms with Gasteiger partial charge in [-0.3, -0.25) is 9.19 Å². The molecule has 5 heteroatoms. The molecule has 0 amide bonds. The van der Waals surface area contributed by atoms with Crippen LogP contribution in [0, 0.1) is 6.92 Å². The minimum atomic E-state index is -1.21. The Kier molecular flexibility index (Phi) is 3.13. The molecular weight excluding hydrogens is 258 g/mol. The molecular formula is C14H13N3OS. The SMILES string of the molecule is Cc1cccnc1CS(=O)c1nc2ccccc2[nH]1. The molecule has 19 heavy (non-hydrogen) atoms. The van der Waals surface area contributed by atoms with Crippen molar-refractivity contribution in [2.75, 3.05) is 0 Å². The molecule has 0 spiro atoms. The molecule has 0 aliphatic heterocycles. The summed E-state index contributed by atoms with van der Waals surface area (Å²) in [5, 5.41) is 0.506. The molecule has 0 bridgehead atoms. The van der Waals surface area contributed by atoms with Crippen LogP contribution in [0.5, 0.6) is 0 Å². The Bertz CT molecular complexity index is 718. The highest BCUT2D eigenvalue weighted by atomic mass is 32.2. The van der Waals surface area contributed by atoms with Crippen LogP contribution in [0.2, 0.25) is 0 Å². The van der Waals surface area contributed by atoms with Crippen molar-refractivity contribution in [1.82, 2.24) is 15.0 Å². The number of hydrogen-bond acceptors (Lipinski definition) is 3. The molecule has 0 fully saturated rings. The summed E-state index contributed by atoms with van der Waals surface area (Å²) in [7, 11) is -1.21. The second-order valence-electron chi connectivity index (χ2n) is 4.32. The number of pyridine rings is 1. The van der Waals surface area contributed by atoms with Gasteiger partial charge in [0, 0.05) is 6.20 Å². The lowest BCUT2D eigenvalue weighted by Gasteiger charge is -2.02. The van der Waals surface area contributed by atoms with Gasteiger partial charge in [-0.2, -0.15) is 0 Å². The fourth-order valence-electron chi connectivity index (χ4n) is 1.90. The first-order valence-electron chi connectivity index (χ1n) is 5.97. The lowest BCUT2D eigenvalue weighted by Crippen LogP contribution is -2.02. The van der Waals surface area contributed by atoms with Crippen LogP contribution in [0.1, 0.15) is 11.3 Å². The van der Waals surface area contributed by atoms with E-state index >= 15 is 0 Å². The van der Waals surface area contributed by atoms with Crippen molar-refractivity contribution in [3.8, 4) is 0 Å². The van der Waals surface area contributed by atoms with Crippen LogP contribution < -0.4 is 0 Å². The van der Waals surface area contributed by atoms with Crippen molar-refractivity contribution >= 4 is 21.8 Å². The molecule has 4 nitrogen and oxygen atoms in total. The summed E-state index contributed by atoms with van der Waals surface area (Å²) in [5.41, 5.74) is 3.64. The second kappa shape index (κ2) is 4.93. The van der Waals surface area contributed by atoms with Crippen molar-refractivity contribution < 1.29 is 4.21 Å². The quantitative estimate of drug-likeness (QED) is 0.796. The molecule has 96 valence electrons. The van der Waals surface area contributed by atoms with E-state index in [1.165, 1.54) is 0 Å². The zero-order valence-electron chi connectivity index (χ0n) is 10.5. The predicted octanol–water partition coefficient (Wildman–Crippen LogP) is 2.57. The van der Waals surface area contributed by atoms with E-state index in [0.717, 1.165) is 22.3 Å². The number of H-pyrrole nitrogens is 1. The number of fused-ring (bicyclic) bond motifs is 1. The zero-order chi connectivity index (χ0) is 13.2. The van der Waals surface area contributed by atoms with E-state index in [-0.39, 0.29) is 0 Å². The van der Waals surface area contributed by atoms with Gasteiger partial charge in [-0.05, 0) is 30.7 Å². The highest BCUT2D eigenvalue weighted by Crippen LogP contribution is 2.15. The van der Waals surface area contributed by atoms with E-state index in [1.807, 2.05) is 43.3 Å². The van der Waals surface area contributed by atoms with Crippen molar-refractivity contribution in [3.63, 3.8) is 0 Å². The molecule has 0 radical (unpaired) electrons. The van der Waals surface area contributed by atoms with Gasteiger partial charge in [-0.1, -0.05) is 18.2 Å². The Labute approximate surface area is 113 Å². The Hall–Kier alpha value is -2.01. The van der Waals surface area contributed by atoms with E-state index in [0.29, 0.717) is 10.9 Å². The summed E-state index contributed by atoms with van der Waals surface area (Å²) in [6.07, 6.45) is 1.72. The summed E-state index contributed by atoms with van der Waals surface area (Å²) >= 11 is 0. The number of nitrogens with zero attached hydrogens (tertiary/aromatic N) is 2. The number of aromatic nitrogens is 3. The molecule has 1 N–H and O–H groups in total. The standard InChI is InChI=1S/C14H13N3OS/c1-10-5-4-8-15-13(10)9-19(18)14-16-11-6-2-3-7-12(11)17-14/h2-8H,9H2,1H3,(H,16,17). The Morgan fingerprint density at radius 3 is 2.84 bits per heavy atom. The molecule has 1 atom stereocenters. The third-order valence-electron chi connectivity index (χ3n) is 2.97. The van der Waals surface area contributed by atoms with Crippen molar-refractivity contribution in [2.45, 2.75) is 17.8 Å². The lowest BCUT2D eigenvalue weighted by atomic mass is 10.2. The van der Waals surface area contributed by atoms with Gasteiger partial charge in [0.25, 0.3) is 0 Å². The first-order valence-corrected chi connectivity index (χ1v) is 7.29. The summed E-state index contributed by atoms with van der Waals surface area (Å²) in [5.74, 6) is 0.381. The third-order valence-corrected chi connectivity index (χ3v) is 4.13. The average Bonchev–Trinajstić information content (AvgIpc) is 2.85. The molecule has 0 saturated carbocycles. The maximum absolute atomic E-state index is 12.3. The van der Waals surface area contributed by atoms with Gasteiger partial charge in [-0.25, -0.2) is 4.98 Å². The molecule has 0 aliphatic rings. The first-order chi connectivity index (χ1) is 9.24. The van der Waals surface area contributed by atoms with E-state index in [9.17, 15) is 4.21 Å². The number of hydrogen-bond donors (Lipinski definition) is 1. The fourth-order valence-corrected chi connectivity index (χ4v) is 3.01. The predicted molar refractivity (Wildman–Crippen MR) is 75.2 cm³/mol. The molecule has 1 aromatic carbocycles. The van der Waals surface area contributed by atoms with E-state index in [1.54, 1.807) is 6.20 Å². The van der Waals surface area contributed by atoms with Gasteiger partial charge in [0.2, 0.25) is 0 Å². The third kappa shape index (κ3) is 2.42. The van der Waals surface area contributed by atoms with Crippen molar-refractivity contribution in [1.29, 1.82) is 0 Å². The number of imidazole rings is 1. The van der Waals surface area contributed by atoms with Gasteiger partial charge >= 0.3 is 0 Å². The van der Waals surface area contributed by atoms with Gasteiger partial charge < -0.3 is 4.98 Å². The van der Waals surface area contributed by atoms with Gasteiger partial charge in [0.1, 0.15) is 0 Å². The van der Waals surface area contributed by atoms with E-state index in [4.69, 9.17) is 0 Å². The topological polar surface area (TPSA) is 58.6 Å². The van der Waals surface area contributed by atoms with E-state index < -0.39 is 10.8 Å². The molecule has 3 rings (SSSR count). The molecule has 2 aromatic heterocycles. The van der Waals surface area contributed by atoms with Crippen LogP contribution >= 0.6 is 0 Å². The number of rotatable bonds is 3. The van der Waals surface area contributed by atoms with Crippen LogP contribution in [0.25, 0.3) is 11.0 Å². The normalized spacial score (nSPS) is 12.7. The summed E-state index contributed by atoms with van der Waals surface area (Å²) in [6, 6.07) is 11.5. The zero-order valence-corrected chi connectivity index (χ0v) is 11.3.